The van der Waals surface area contributed by atoms with E-state index in [1.807, 2.05) is 0 Å². The van der Waals surface area contributed by atoms with Crippen LogP contribution in [0.5, 0.6) is 11.5 Å². The standard InChI is InChI=1S/C30H43FO3/c1-3-5-6-21-7-8-26-19-25(14-13-24(26)18-21)22-9-11-23(12-10-22)30(32)34-29-16-15-27(20-28(29)31)33-17-4-2/h4,15-16,20-26H,2-3,5-14,17-19H2,1H3. The fraction of sp³-hybridized carbons (Fsp3) is 0.700. The van der Waals surface area contributed by atoms with Gasteiger partial charge in [-0.15, -0.1) is 0 Å². The number of halogens is 1. The third-order valence-corrected chi connectivity index (χ3v) is 8.98. The maximum atomic E-state index is 14.3. The van der Waals surface area contributed by atoms with Crippen molar-refractivity contribution in [2.75, 3.05) is 6.61 Å². The van der Waals surface area contributed by atoms with E-state index in [9.17, 15) is 9.18 Å². The topological polar surface area (TPSA) is 35.5 Å². The number of fused-ring (bicyclic) bond motifs is 1. The predicted octanol–water partition coefficient (Wildman–Crippen LogP) is 8.13. The first-order valence-corrected chi connectivity index (χ1v) is 13.8. The number of ether oxygens (including phenoxy) is 2. The lowest BCUT2D eigenvalue weighted by Gasteiger charge is -2.45. The number of hydrogen-bond donors (Lipinski definition) is 0. The lowest BCUT2D eigenvalue weighted by Crippen LogP contribution is -2.35. The molecular formula is C30H43FO3. The molecule has 0 spiro atoms. The maximum absolute atomic E-state index is 14.3. The van der Waals surface area contributed by atoms with Crippen LogP contribution < -0.4 is 9.47 Å². The monoisotopic (exact) mass is 470 g/mol. The van der Waals surface area contributed by atoms with E-state index in [-0.39, 0.29) is 17.6 Å². The maximum Gasteiger partial charge on any atom is 0.314 e. The molecule has 0 amide bonds. The Hall–Kier alpha value is -1.84. The van der Waals surface area contributed by atoms with E-state index in [4.69, 9.17) is 9.47 Å². The first-order valence-electron chi connectivity index (χ1n) is 13.8. The van der Waals surface area contributed by atoms with E-state index in [1.54, 1.807) is 12.1 Å². The van der Waals surface area contributed by atoms with Gasteiger partial charge in [0.05, 0.1) is 5.92 Å². The number of benzene rings is 1. The summed E-state index contributed by atoms with van der Waals surface area (Å²) in [7, 11) is 0. The molecule has 3 fully saturated rings. The van der Waals surface area contributed by atoms with Crippen molar-refractivity contribution in [3.05, 3.63) is 36.7 Å². The van der Waals surface area contributed by atoms with Crippen LogP contribution in [0.25, 0.3) is 0 Å². The number of carbonyl (C=O) groups is 1. The Balaban J connectivity index is 1.22. The second-order valence-electron chi connectivity index (χ2n) is 11.1. The summed E-state index contributed by atoms with van der Waals surface area (Å²) in [5.41, 5.74) is 0. The Morgan fingerprint density at radius 2 is 1.68 bits per heavy atom. The second kappa shape index (κ2) is 12.2. The normalized spacial score (nSPS) is 31.4. The van der Waals surface area contributed by atoms with Crippen molar-refractivity contribution in [3.8, 4) is 11.5 Å². The van der Waals surface area contributed by atoms with Gasteiger partial charge in [0.15, 0.2) is 11.6 Å². The van der Waals surface area contributed by atoms with E-state index in [0.29, 0.717) is 12.4 Å². The van der Waals surface area contributed by atoms with Crippen LogP contribution in [0.2, 0.25) is 0 Å². The minimum absolute atomic E-state index is 0.00839. The molecule has 0 radical (unpaired) electrons. The minimum atomic E-state index is -0.565. The van der Waals surface area contributed by atoms with E-state index in [2.05, 4.69) is 13.5 Å². The molecule has 4 unspecified atom stereocenters. The average molecular weight is 471 g/mol. The zero-order valence-corrected chi connectivity index (χ0v) is 21.0. The van der Waals surface area contributed by atoms with E-state index in [0.717, 1.165) is 55.3 Å². The van der Waals surface area contributed by atoms with Crippen LogP contribution >= 0.6 is 0 Å². The van der Waals surface area contributed by atoms with Gasteiger partial charge in [-0.3, -0.25) is 4.79 Å². The van der Waals surface area contributed by atoms with Crippen LogP contribution in [0.3, 0.4) is 0 Å². The van der Waals surface area contributed by atoms with Crippen molar-refractivity contribution in [2.45, 2.75) is 90.4 Å². The Kier molecular flexibility index (Phi) is 9.08. The fourth-order valence-electron chi connectivity index (χ4n) is 7.03. The van der Waals surface area contributed by atoms with E-state index < -0.39 is 5.82 Å². The molecule has 0 aliphatic heterocycles. The Morgan fingerprint density at radius 1 is 1.00 bits per heavy atom. The molecular weight excluding hydrogens is 427 g/mol. The fourth-order valence-corrected chi connectivity index (χ4v) is 7.03. The van der Waals surface area contributed by atoms with Gasteiger partial charge in [0.2, 0.25) is 0 Å². The lowest BCUT2D eigenvalue weighted by atomic mass is 9.60. The molecule has 0 aromatic heterocycles. The summed E-state index contributed by atoms with van der Waals surface area (Å²) in [5.74, 6) is 3.93. The van der Waals surface area contributed by atoms with Crippen LogP contribution in [0, 0.1) is 41.3 Å². The number of hydrogen-bond acceptors (Lipinski definition) is 3. The summed E-state index contributed by atoms with van der Waals surface area (Å²) in [6.07, 6.45) is 18.3. The van der Waals surface area contributed by atoms with Gasteiger partial charge in [-0.1, -0.05) is 45.3 Å². The van der Waals surface area contributed by atoms with Gasteiger partial charge in [0.25, 0.3) is 0 Å². The van der Waals surface area contributed by atoms with Crippen molar-refractivity contribution in [1.82, 2.24) is 0 Å². The Bertz CT molecular complexity index is 813. The smallest absolute Gasteiger partial charge is 0.314 e. The van der Waals surface area contributed by atoms with Gasteiger partial charge in [-0.25, -0.2) is 4.39 Å². The first kappa shape index (κ1) is 25.3. The van der Waals surface area contributed by atoms with Crippen LogP contribution in [0.4, 0.5) is 4.39 Å². The molecule has 188 valence electrons. The number of esters is 1. The molecule has 3 aliphatic carbocycles. The molecule has 0 heterocycles. The van der Waals surface area contributed by atoms with Crippen molar-refractivity contribution in [3.63, 3.8) is 0 Å². The molecule has 34 heavy (non-hydrogen) atoms. The summed E-state index contributed by atoms with van der Waals surface area (Å²) in [6, 6.07) is 4.36. The zero-order chi connectivity index (χ0) is 23.9. The number of carbonyl (C=O) groups excluding carboxylic acids is 1. The molecule has 0 N–H and O–H groups in total. The zero-order valence-electron chi connectivity index (χ0n) is 21.0. The number of rotatable bonds is 9. The SMILES string of the molecule is C=CCOc1ccc(OC(=O)C2CCC(C3CCC4CC(CCCC)CCC4C3)CC2)c(F)c1. The summed E-state index contributed by atoms with van der Waals surface area (Å²) in [4.78, 5) is 12.7. The number of unbranched alkanes of at least 4 members (excludes halogenated alkanes) is 1. The molecule has 0 bridgehead atoms. The summed E-state index contributed by atoms with van der Waals surface area (Å²) in [5, 5.41) is 0. The van der Waals surface area contributed by atoms with Crippen LogP contribution in [0.15, 0.2) is 30.9 Å². The first-order chi connectivity index (χ1) is 16.6. The Morgan fingerprint density at radius 3 is 2.38 bits per heavy atom. The highest BCUT2D eigenvalue weighted by molar-refractivity contribution is 5.75. The third kappa shape index (κ3) is 6.43. The van der Waals surface area contributed by atoms with Gasteiger partial charge in [-0.05, 0) is 99.5 Å². The summed E-state index contributed by atoms with van der Waals surface area (Å²) >= 11 is 0. The van der Waals surface area contributed by atoms with Crippen LogP contribution in [0.1, 0.15) is 90.4 Å². The lowest BCUT2D eigenvalue weighted by molar-refractivity contribution is -0.140. The quantitative estimate of drug-likeness (QED) is 0.208. The van der Waals surface area contributed by atoms with Gasteiger partial charge in [0, 0.05) is 6.07 Å². The highest BCUT2D eigenvalue weighted by Gasteiger charge is 2.39. The molecule has 4 atom stereocenters. The van der Waals surface area contributed by atoms with Crippen molar-refractivity contribution in [2.24, 2.45) is 35.5 Å². The molecule has 4 heteroatoms. The highest BCUT2D eigenvalue weighted by atomic mass is 19.1. The van der Waals surface area contributed by atoms with E-state index in [1.165, 1.54) is 69.9 Å². The van der Waals surface area contributed by atoms with Crippen LogP contribution in [-0.2, 0) is 4.79 Å². The van der Waals surface area contributed by atoms with Gasteiger partial charge in [-0.2, -0.15) is 0 Å². The molecule has 3 nitrogen and oxygen atoms in total. The molecule has 4 rings (SSSR count). The van der Waals surface area contributed by atoms with Gasteiger partial charge in [0.1, 0.15) is 12.4 Å². The third-order valence-electron chi connectivity index (χ3n) is 8.98. The molecule has 0 saturated heterocycles. The summed E-state index contributed by atoms with van der Waals surface area (Å²) < 4.78 is 25.1. The van der Waals surface area contributed by atoms with Crippen molar-refractivity contribution in [1.29, 1.82) is 0 Å². The van der Waals surface area contributed by atoms with Gasteiger partial charge >= 0.3 is 5.97 Å². The average Bonchev–Trinajstić information content (AvgIpc) is 2.87. The second-order valence-corrected chi connectivity index (χ2v) is 11.1. The van der Waals surface area contributed by atoms with E-state index >= 15 is 0 Å². The minimum Gasteiger partial charge on any atom is -0.489 e. The molecule has 1 aromatic rings. The van der Waals surface area contributed by atoms with Crippen molar-refractivity contribution >= 4 is 5.97 Å². The molecule has 1 aromatic carbocycles. The van der Waals surface area contributed by atoms with Gasteiger partial charge < -0.3 is 9.47 Å². The largest absolute Gasteiger partial charge is 0.489 e. The van der Waals surface area contributed by atoms with Crippen molar-refractivity contribution < 1.29 is 18.7 Å². The highest BCUT2D eigenvalue weighted by Crippen LogP contribution is 2.49. The molecule has 3 saturated carbocycles. The predicted molar refractivity (Wildman–Crippen MR) is 134 cm³/mol. The summed E-state index contributed by atoms with van der Waals surface area (Å²) in [6.45, 7) is 6.20. The molecule has 3 aliphatic rings. The van der Waals surface area contributed by atoms with Crippen LogP contribution in [-0.4, -0.2) is 12.6 Å². The Labute approximate surface area is 205 Å².